The smallest absolute Gasteiger partial charge is 0.137 e. The fraction of sp³-hybridized carbons (Fsp3) is 0.375. The molecule has 1 saturated carbocycles. The average Bonchev–Trinajstić information content (AvgIpc) is 3.28. The maximum absolute atomic E-state index is 6.27. The highest BCUT2D eigenvalue weighted by Gasteiger charge is 2.28. The van der Waals surface area contributed by atoms with Gasteiger partial charge in [-0.2, -0.15) is 0 Å². The van der Waals surface area contributed by atoms with Gasteiger partial charge < -0.3 is 4.90 Å². The van der Waals surface area contributed by atoms with Gasteiger partial charge in [0.2, 0.25) is 0 Å². The lowest BCUT2D eigenvalue weighted by atomic mass is 10.2. The highest BCUT2D eigenvalue weighted by Crippen LogP contribution is 2.40. The summed E-state index contributed by atoms with van der Waals surface area (Å²) >= 11 is 12.5. The van der Waals surface area contributed by atoms with Crippen LogP contribution in [0.1, 0.15) is 35.7 Å². The molecule has 21 heavy (non-hydrogen) atoms. The van der Waals surface area contributed by atoms with Crippen LogP contribution in [0.4, 0.5) is 5.82 Å². The fourth-order valence-corrected chi connectivity index (χ4v) is 2.71. The summed E-state index contributed by atoms with van der Waals surface area (Å²) in [6.45, 7) is 2.65. The molecule has 0 unspecified atom stereocenters. The third kappa shape index (κ3) is 3.14. The van der Waals surface area contributed by atoms with Gasteiger partial charge in [-0.1, -0.05) is 41.4 Å². The Bertz CT molecular complexity index is 669. The van der Waals surface area contributed by atoms with Crippen molar-refractivity contribution in [2.24, 2.45) is 0 Å². The Kier molecular flexibility index (Phi) is 4.05. The molecule has 0 aliphatic heterocycles. The number of rotatable bonds is 4. The molecule has 1 aromatic carbocycles. The molecule has 110 valence electrons. The molecule has 1 heterocycles. The monoisotopic (exact) mass is 321 g/mol. The highest BCUT2D eigenvalue weighted by molar-refractivity contribution is 6.31. The number of aromatic nitrogens is 2. The SMILES string of the molecule is Cc1c(Cl)nc(C2CC2)nc1N(C)Cc1ccccc1Cl. The van der Waals surface area contributed by atoms with Gasteiger partial charge in [0.05, 0.1) is 0 Å². The van der Waals surface area contributed by atoms with Crippen molar-refractivity contribution in [2.75, 3.05) is 11.9 Å². The molecule has 0 atom stereocenters. The van der Waals surface area contributed by atoms with Crippen LogP contribution in [-0.2, 0) is 6.54 Å². The molecule has 0 amide bonds. The lowest BCUT2D eigenvalue weighted by Gasteiger charge is -2.22. The number of nitrogens with zero attached hydrogens (tertiary/aromatic N) is 3. The van der Waals surface area contributed by atoms with E-state index in [4.69, 9.17) is 28.2 Å². The van der Waals surface area contributed by atoms with E-state index in [1.165, 1.54) is 0 Å². The zero-order valence-electron chi connectivity index (χ0n) is 12.1. The van der Waals surface area contributed by atoms with Gasteiger partial charge in [-0.25, -0.2) is 9.97 Å². The summed E-state index contributed by atoms with van der Waals surface area (Å²) in [4.78, 5) is 11.2. The van der Waals surface area contributed by atoms with E-state index in [9.17, 15) is 0 Å². The Morgan fingerprint density at radius 2 is 1.90 bits per heavy atom. The summed E-state index contributed by atoms with van der Waals surface area (Å²) in [6.07, 6.45) is 2.32. The average molecular weight is 322 g/mol. The van der Waals surface area contributed by atoms with Crippen molar-refractivity contribution < 1.29 is 0 Å². The molecule has 0 spiro atoms. The van der Waals surface area contributed by atoms with Crippen molar-refractivity contribution in [3.63, 3.8) is 0 Å². The van der Waals surface area contributed by atoms with Gasteiger partial charge in [0, 0.05) is 30.1 Å². The van der Waals surface area contributed by atoms with Crippen molar-refractivity contribution in [1.82, 2.24) is 9.97 Å². The van der Waals surface area contributed by atoms with E-state index in [-0.39, 0.29) is 0 Å². The number of hydrogen-bond acceptors (Lipinski definition) is 3. The molecule has 5 heteroatoms. The van der Waals surface area contributed by atoms with E-state index >= 15 is 0 Å². The summed E-state index contributed by atoms with van der Waals surface area (Å²) in [7, 11) is 2.01. The first-order chi connectivity index (χ1) is 10.1. The van der Waals surface area contributed by atoms with Crippen LogP contribution in [0.15, 0.2) is 24.3 Å². The zero-order valence-corrected chi connectivity index (χ0v) is 13.6. The van der Waals surface area contributed by atoms with Crippen LogP contribution in [0.3, 0.4) is 0 Å². The molecule has 2 aromatic rings. The van der Waals surface area contributed by atoms with Gasteiger partial charge in [0.25, 0.3) is 0 Å². The maximum Gasteiger partial charge on any atom is 0.137 e. The minimum atomic E-state index is 0.482. The quantitative estimate of drug-likeness (QED) is 0.770. The van der Waals surface area contributed by atoms with Gasteiger partial charge in [-0.3, -0.25) is 0 Å². The number of halogens is 2. The third-order valence-electron chi connectivity index (χ3n) is 3.75. The largest absolute Gasteiger partial charge is 0.355 e. The van der Waals surface area contributed by atoms with Gasteiger partial charge in [-0.15, -0.1) is 0 Å². The Morgan fingerprint density at radius 1 is 1.19 bits per heavy atom. The standard InChI is InChI=1S/C16H17Cl2N3/c1-10-14(18)19-15(11-7-8-11)20-16(10)21(2)9-12-5-3-4-6-13(12)17/h3-6,11H,7-9H2,1-2H3. The first-order valence-electron chi connectivity index (χ1n) is 7.05. The summed E-state index contributed by atoms with van der Waals surface area (Å²) in [5, 5.41) is 1.32. The minimum Gasteiger partial charge on any atom is -0.355 e. The first kappa shape index (κ1) is 14.6. The lowest BCUT2D eigenvalue weighted by Crippen LogP contribution is -2.20. The van der Waals surface area contributed by atoms with Gasteiger partial charge in [-0.05, 0) is 31.4 Å². The molecule has 1 aromatic heterocycles. The van der Waals surface area contributed by atoms with Crippen LogP contribution in [-0.4, -0.2) is 17.0 Å². The van der Waals surface area contributed by atoms with E-state index < -0.39 is 0 Å². The molecule has 0 N–H and O–H groups in total. The Labute approximate surface area is 134 Å². The predicted molar refractivity (Wildman–Crippen MR) is 87.3 cm³/mol. The Hall–Kier alpha value is -1.32. The normalized spacial score (nSPS) is 14.3. The molecular weight excluding hydrogens is 305 g/mol. The molecule has 1 fully saturated rings. The van der Waals surface area contributed by atoms with Gasteiger partial charge in [0.15, 0.2) is 0 Å². The number of benzene rings is 1. The van der Waals surface area contributed by atoms with Crippen molar-refractivity contribution in [2.45, 2.75) is 32.2 Å². The molecule has 3 rings (SSSR count). The highest BCUT2D eigenvalue weighted by atomic mass is 35.5. The Morgan fingerprint density at radius 3 is 2.57 bits per heavy atom. The first-order valence-corrected chi connectivity index (χ1v) is 7.80. The second-order valence-corrected chi connectivity index (χ2v) is 6.31. The molecule has 1 aliphatic carbocycles. The maximum atomic E-state index is 6.27. The lowest BCUT2D eigenvalue weighted by molar-refractivity contribution is 0.845. The summed E-state index contributed by atoms with van der Waals surface area (Å²) in [6, 6.07) is 7.85. The predicted octanol–water partition coefficient (Wildman–Crippen LogP) is 4.61. The number of hydrogen-bond donors (Lipinski definition) is 0. The van der Waals surface area contributed by atoms with Crippen LogP contribution < -0.4 is 4.90 Å². The van der Waals surface area contributed by atoms with E-state index in [2.05, 4.69) is 9.88 Å². The van der Waals surface area contributed by atoms with Crippen molar-refractivity contribution in [3.8, 4) is 0 Å². The van der Waals surface area contributed by atoms with Crippen molar-refractivity contribution >= 4 is 29.0 Å². The third-order valence-corrected chi connectivity index (χ3v) is 4.48. The second-order valence-electron chi connectivity index (χ2n) is 5.54. The second kappa shape index (κ2) is 5.82. The summed E-state index contributed by atoms with van der Waals surface area (Å²) in [5.41, 5.74) is 1.99. The molecule has 0 bridgehead atoms. The molecule has 3 nitrogen and oxygen atoms in total. The van der Waals surface area contributed by atoms with Crippen LogP contribution >= 0.6 is 23.2 Å². The van der Waals surface area contributed by atoms with Crippen LogP contribution in [0.5, 0.6) is 0 Å². The van der Waals surface area contributed by atoms with Gasteiger partial charge >= 0.3 is 0 Å². The fourth-order valence-electron chi connectivity index (χ4n) is 2.35. The molecule has 0 saturated heterocycles. The van der Waals surface area contributed by atoms with E-state index in [0.29, 0.717) is 17.6 Å². The van der Waals surface area contributed by atoms with Crippen molar-refractivity contribution in [1.29, 1.82) is 0 Å². The summed E-state index contributed by atoms with van der Waals surface area (Å²) < 4.78 is 0. The van der Waals surface area contributed by atoms with Gasteiger partial charge in [0.1, 0.15) is 16.8 Å². The number of anilines is 1. The summed E-state index contributed by atoms with van der Waals surface area (Å²) in [5.74, 6) is 2.24. The molecular formula is C16H17Cl2N3. The molecule has 1 aliphatic rings. The Balaban J connectivity index is 1.90. The van der Waals surface area contributed by atoms with Crippen LogP contribution in [0, 0.1) is 6.92 Å². The topological polar surface area (TPSA) is 29.0 Å². The minimum absolute atomic E-state index is 0.482. The van der Waals surface area contributed by atoms with E-state index in [1.54, 1.807) is 0 Å². The van der Waals surface area contributed by atoms with Crippen molar-refractivity contribution in [3.05, 3.63) is 51.4 Å². The van der Waals surface area contributed by atoms with Crippen LogP contribution in [0.25, 0.3) is 0 Å². The molecule has 0 radical (unpaired) electrons. The van der Waals surface area contributed by atoms with Crippen LogP contribution in [0.2, 0.25) is 10.2 Å². The zero-order chi connectivity index (χ0) is 15.0. The van der Waals surface area contributed by atoms with E-state index in [1.807, 2.05) is 38.2 Å². The van der Waals surface area contributed by atoms with E-state index in [0.717, 1.165) is 40.6 Å².